The van der Waals surface area contributed by atoms with E-state index in [-0.39, 0.29) is 5.25 Å². The van der Waals surface area contributed by atoms with Crippen LogP contribution in [0.15, 0.2) is 28.7 Å². The molecular formula is C13H17NO2S. The summed E-state index contributed by atoms with van der Waals surface area (Å²) in [6, 6.07) is 7.85. The van der Waals surface area contributed by atoms with Gasteiger partial charge in [-0.15, -0.1) is 11.8 Å². The molecule has 0 unspecified atom stereocenters. The molecule has 0 bridgehead atoms. The molecule has 0 fully saturated rings. The van der Waals surface area contributed by atoms with Gasteiger partial charge in [-0.3, -0.25) is 0 Å². The van der Waals surface area contributed by atoms with Gasteiger partial charge in [0.15, 0.2) is 5.58 Å². The highest BCUT2D eigenvalue weighted by Gasteiger charge is 2.16. The quantitative estimate of drug-likeness (QED) is 0.812. The summed E-state index contributed by atoms with van der Waals surface area (Å²) in [6.07, 6.45) is 0. The molecule has 0 amide bonds. The van der Waals surface area contributed by atoms with E-state index in [0.717, 1.165) is 23.6 Å². The van der Waals surface area contributed by atoms with Gasteiger partial charge in [-0.05, 0) is 19.1 Å². The van der Waals surface area contributed by atoms with E-state index in [9.17, 15) is 0 Å². The molecule has 2 rings (SSSR count). The third kappa shape index (κ3) is 3.01. The number of thioether (sulfide) groups is 1. The summed E-state index contributed by atoms with van der Waals surface area (Å²) in [7, 11) is 1.72. The molecule has 0 aliphatic carbocycles. The lowest BCUT2D eigenvalue weighted by Crippen LogP contribution is -2.07. The van der Waals surface area contributed by atoms with Gasteiger partial charge >= 0.3 is 0 Å². The number of rotatable bonds is 5. The van der Waals surface area contributed by atoms with E-state index in [0.29, 0.717) is 5.25 Å². The highest BCUT2D eigenvalue weighted by Crippen LogP contribution is 2.32. The van der Waals surface area contributed by atoms with Gasteiger partial charge in [-0.1, -0.05) is 19.1 Å². The number of hydrogen-bond donors (Lipinski definition) is 0. The third-order valence-corrected chi connectivity index (χ3v) is 3.71. The Morgan fingerprint density at radius 3 is 2.82 bits per heavy atom. The van der Waals surface area contributed by atoms with Crippen LogP contribution < -0.4 is 0 Å². The molecule has 0 aliphatic heterocycles. The molecule has 0 N–H and O–H groups in total. The number of fused-ring (bicyclic) bond motifs is 1. The van der Waals surface area contributed by atoms with Crippen molar-refractivity contribution in [2.45, 2.75) is 24.3 Å². The molecule has 2 aromatic rings. The maximum atomic E-state index is 5.74. The minimum Gasteiger partial charge on any atom is -0.439 e. The molecular weight excluding hydrogens is 234 g/mol. The zero-order valence-electron chi connectivity index (χ0n) is 10.3. The lowest BCUT2D eigenvalue weighted by atomic mass is 10.3. The number of benzene rings is 1. The smallest absolute Gasteiger partial charge is 0.208 e. The largest absolute Gasteiger partial charge is 0.439 e. The molecule has 0 radical (unpaired) electrons. The van der Waals surface area contributed by atoms with Crippen molar-refractivity contribution >= 4 is 22.9 Å². The Labute approximate surface area is 106 Å². The topological polar surface area (TPSA) is 35.3 Å². The molecule has 0 spiro atoms. The average molecular weight is 251 g/mol. The monoisotopic (exact) mass is 251 g/mol. The lowest BCUT2D eigenvalue weighted by Gasteiger charge is -2.13. The van der Waals surface area contributed by atoms with Gasteiger partial charge in [0.25, 0.3) is 0 Å². The highest BCUT2D eigenvalue weighted by molar-refractivity contribution is 8.00. The summed E-state index contributed by atoms with van der Waals surface area (Å²) in [6.45, 7) is 5.00. The maximum Gasteiger partial charge on any atom is 0.208 e. The highest BCUT2D eigenvalue weighted by atomic mass is 32.2. The van der Waals surface area contributed by atoms with Crippen molar-refractivity contribution in [2.24, 2.45) is 0 Å². The first-order chi connectivity index (χ1) is 8.20. The minimum absolute atomic E-state index is 0.243. The minimum atomic E-state index is 0.243. The van der Waals surface area contributed by atoms with Gasteiger partial charge in [0, 0.05) is 12.4 Å². The second-order valence-corrected chi connectivity index (χ2v) is 5.85. The van der Waals surface area contributed by atoms with E-state index in [2.05, 4.69) is 18.8 Å². The van der Waals surface area contributed by atoms with E-state index in [4.69, 9.17) is 9.15 Å². The Bertz CT molecular complexity index is 450. The van der Waals surface area contributed by atoms with Crippen LogP contribution in [0.5, 0.6) is 0 Å². The average Bonchev–Trinajstić information content (AvgIpc) is 2.72. The van der Waals surface area contributed by atoms with Crippen molar-refractivity contribution in [3.05, 3.63) is 30.2 Å². The first kappa shape index (κ1) is 12.5. The zero-order valence-corrected chi connectivity index (χ0v) is 11.2. The summed E-state index contributed by atoms with van der Waals surface area (Å²) in [5.74, 6) is 0.791. The normalized spacial score (nSPS) is 15.0. The molecule has 1 heterocycles. The van der Waals surface area contributed by atoms with Crippen molar-refractivity contribution in [1.29, 1.82) is 0 Å². The van der Waals surface area contributed by atoms with Crippen LogP contribution in [0.4, 0.5) is 0 Å². The second kappa shape index (κ2) is 5.56. The second-order valence-electron chi connectivity index (χ2n) is 4.06. The van der Waals surface area contributed by atoms with Gasteiger partial charge in [-0.2, -0.15) is 0 Å². The summed E-state index contributed by atoms with van der Waals surface area (Å²) in [4.78, 5) is 4.50. The van der Waals surface area contributed by atoms with E-state index < -0.39 is 0 Å². The number of aromatic nitrogens is 1. The van der Waals surface area contributed by atoms with Gasteiger partial charge in [-0.25, -0.2) is 4.98 Å². The molecule has 0 saturated heterocycles. The number of oxazole rings is 1. The number of methoxy groups -OCH3 is 1. The lowest BCUT2D eigenvalue weighted by molar-refractivity contribution is 0.202. The molecule has 3 nitrogen and oxygen atoms in total. The molecule has 1 aromatic heterocycles. The number of para-hydroxylation sites is 2. The predicted molar refractivity (Wildman–Crippen MR) is 71.4 cm³/mol. The maximum absolute atomic E-state index is 5.74. The molecule has 4 heteroatoms. The predicted octanol–water partition coefficient (Wildman–Crippen LogP) is 3.66. The van der Waals surface area contributed by atoms with Crippen molar-refractivity contribution < 1.29 is 9.15 Å². The van der Waals surface area contributed by atoms with Crippen molar-refractivity contribution in [1.82, 2.24) is 4.98 Å². The number of nitrogens with zero attached hydrogens (tertiary/aromatic N) is 1. The summed E-state index contributed by atoms with van der Waals surface area (Å²) < 4.78 is 10.9. The van der Waals surface area contributed by atoms with Crippen LogP contribution in [-0.4, -0.2) is 24.0 Å². The van der Waals surface area contributed by atoms with Gasteiger partial charge < -0.3 is 9.15 Å². The SMILES string of the molecule is COC[C@@H](C)S[C@@H](C)c1nc2ccccc2o1. The fourth-order valence-electron chi connectivity index (χ4n) is 1.74. The van der Waals surface area contributed by atoms with E-state index in [1.807, 2.05) is 36.0 Å². The van der Waals surface area contributed by atoms with Crippen LogP contribution in [-0.2, 0) is 4.74 Å². The molecule has 2 atom stereocenters. The first-order valence-electron chi connectivity index (χ1n) is 5.70. The van der Waals surface area contributed by atoms with Crippen molar-refractivity contribution in [3.8, 4) is 0 Å². The summed E-state index contributed by atoms with van der Waals surface area (Å²) >= 11 is 1.81. The molecule has 1 aromatic carbocycles. The van der Waals surface area contributed by atoms with Crippen LogP contribution in [0.2, 0.25) is 0 Å². The summed E-state index contributed by atoms with van der Waals surface area (Å²) in [5, 5.41) is 0.678. The Balaban J connectivity index is 2.10. The summed E-state index contributed by atoms with van der Waals surface area (Å²) in [5.41, 5.74) is 1.78. The van der Waals surface area contributed by atoms with Gasteiger partial charge in [0.1, 0.15) is 5.52 Å². The number of hydrogen-bond acceptors (Lipinski definition) is 4. The Morgan fingerprint density at radius 2 is 2.12 bits per heavy atom. The van der Waals surface area contributed by atoms with Gasteiger partial charge in [0.05, 0.1) is 11.9 Å². The van der Waals surface area contributed by atoms with E-state index >= 15 is 0 Å². The van der Waals surface area contributed by atoms with Gasteiger partial charge in [0.2, 0.25) is 5.89 Å². The Morgan fingerprint density at radius 1 is 1.35 bits per heavy atom. The Hall–Kier alpha value is -1.00. The van der Waals surface area contributed by atoms with Crippen LogP contribution in [0.1, 0.15) is 25.0 Å². The zero-order chi connectivity index (χ0) is 12.3. The molecule has 17 heavy (non-hydrogen) atoms. The van der Waals surface area contributed by atoms with Crippen LogP contribution in [0.25, 0.3) is 11.1 Å². The van der Waals surface area contributed by atoms with E-state index in [1.54, 1.807) is 7.11 Å². The molecule has 0 aliphatic rings. The van der Waals surface area contributed by atoms with Crippen molar-refractivity contribution in [3.63, 3.8) is 0 Å². The standard InChI is InChI=1S/C13H17NO2S/c1-9(8-15-3)17-10(2)13-14-11-6-4-5-7-12(11)16-13/h4-7,9-10H,8H2,1-3H3/t9-,10+/m1/s1. The fourth-order valence-corrected chi connectivity index (χ4v) is 2.87. The van der Waals surface area contributed by atoms with Crippen LogP contribution in [0.3, 0.4) is 0 Å². The van der Waals surface area contributed by atoms with Crippen LogP contribution >= 0.6 is 11.8 Å². The first-order valence-corrected chi connectivity index (χ1v) is 6.65. The fraction of sp³-hybridized carbons (Fsp3) is 0.462. The Kier molecular flexibility index (Phi) is 4.07. The molecule has 92 valence electrons. The third-order valence-electron chi connectivity index (χ3n) is 2.50. The van der Waals surface area contributed by atoms with Crippen LogP contribution in [0, 0.1) is 0 Å². The number of ether oxygens (including phenoxy) is 1. The van der Waals surface area contributed by atoms with E-state index in [1.165, 1.54) is 0 Å². The van der Waals surface area contributed by atoms with Crippen molar-refractivity contribution in [2.75, 3.05) is 13.7 Å². The molecule has 0 saturated carbocycles.